The number of nitrogens with zero attached hydrogens (tertiary/aromatic N) is 2. The summed E-state index contributed by atoms with van der Waals surface area (Å²) in [4.78, 5) is 12.1. The molecular formula is C14H23N3O2. The second-order valence-corrected chi connectivity index (χ2v) is 5.38. The molecule has 0 bridgehead atoms. The van der Waals surface area contributed by atoms with Crippen LogP contribution in [0.15, 0.2) is 12.3 Å². The van der Waals surface area contributed by atoms with Gasteiger partial charge in [-0.2, -0.15) is 5.10 Å². The minimum atomic E-state index is -0.328. The van der Waals surface area contributed by atoms with Crippen LogP contribution in [0.1, 0.15) is 37.8 Å². The molecule has 0 aliphatic heterocycles. The standard InChI is InChI=1S/C14H23N3O2/c1-17-12(6-9-16-17)10-15-11-14(13(18)19-2)7-4-3-5-8-14/h6,9,15H,3-5,7-8,10-11H2,1-2H3. The fraction of sp³-hybridized carbons (Fsp3) is 0.714. The molecule has 0 spiro atoms. The molecule has 0 atom stereocenters. The Labute approximate surface area is 114 Å². The lowest BCUT2D eigenvalue weighted by atomic mass is 9.74. The van der Waals surface area contributed by atoms with E-state index in [0.29, 0.717) is 6.54 Å². The molecule has 1 aromatic heterocycles. The summed E-state index contributed by atoms with van der Waals surface area (Å²) in [5.74, 6) is -0.0651. The van der Waals surface area contributed by atoms with Crippen LogP contribution in [0, 0.1) is 5.41 Å². The SMILES string of the molecule is COC(=O)C1(CNCc2ccnn2C)CCCCC1. The normalized spacial score (nSPS) is 18.2. The highest BCUT2D eigenvalue weighted by atomic mass is 16.5. The first kappa shape index (κ1) is 14.1. The van der Waals surface area contributed by atoms with Crippen molar-refractivity contribution in [2.24, 2.45) is 12.5 Å². The highest BCUT2D eigenvalue weighted by Gasteiger charge is 2.40. The van der Waals surface area contributed by atoms with Crippen LogP contribution in [-0.4, -0.2) is 29.4 Å². The van der Waals surface area contributed by atoms with Gasteiger partial charge >= 0.3 is 5.97 Å². The summed E-state index contributed by atoms with van der Waals surface area (Å²) < 4.78 is 6.85. The number of ether oxygens (including phenoxy) is 1. The molecular weight excluding hydrogens is 242 g/mol. The van der Waals surface area contributed by atoms with Crippen molar-refractivity contribution < 1.29 is 9.53 Å². The van der Waals surface area contributed by atoms with Crippen molar-refractivity contribution >= 4 is 5.97 Å². The molecule has 1 aliphatic rings. The third-order valence-corrected chi connectivity index (χ3v) is 4.12. The van der Waals surface area contributed by atoms with Crippen LogP contribution in [0.25, 0.3) is 0 Å². The number of carbonyl (C=O) groups excluding carboxylic acids is 1. The van der Waals surface area contributed by atoms with Gasteiger partial charge in [0.15, 0.2) is 0 Å². The smallest absolute Gasteiger partial charge is 0.313 e. The van der Waals surface area contributed by atoms with Crippen molar-refractivity contribution in [2.45, 2.75) is 38.6 Å². The number of aryl methyl sites for hydroxylation is 1. The van der Waals surface area contributed by atoms with E-state index in [2.05, 4.69) is 10.4 Å². The molecule has 1 fully saturated rings. The first-order valence-electron chi connectivity index (χ1n) is 6.94. The number of carbonyl (C=O) groups is 1. The van der Waals surface area contributed by atoms with Crippen molar-refractivity contribution in [1.29, 1.82) is 0 Å². The molecule has 1 aliphatic carbocycles. The number of aromatic nitrogens is 2. The Hall–Kier alpha value is -1.36. The number of rotatable bonds is 5. The molecule has 1 heterocycles. The average Bonchev–Trinajstić information content (AvgIpc) is 2.84. The van der Waals surface area contributed by atoms with Crippen LogP contribution in [0.4, 0.5) is 0 Å². The van der Waals surface area contributed by atoms with Crippen LogP contribution in [0.5, 0.6) is 0 Å². The van der Waals surface area contributed by atoms with Gasteiger partial charge in [0.1, 0.15) is 0 Å². The largest absolute Gasteiger partial charge is 0.469 e. The van der Waals surface area contributed by atoms with E-state index in [-0.39, 0.29) is 11.4 Å². The van der Waals surface area contributed by atoms with Gasteiger partial charge in [-0.3, -0.25) is 9.48 Å². The maximum atomic E-state index is 12.1. The van der Waals surface area contributed by atoms with Crippen molar-refractivity contribution in [3.8, 4) is 0 Å². The fourth-order valence-electron chi connectivity index (χ4n) is 2.90. The highest BCUT2D eigenvalue weighted by molar-refractivity contribution is 5.77. The zero-order chi connectivity index (χ0) is 13.7. The zero-order valence-corrected chi connectivity index (χ0v) is 11.8. The molecule has 0 amide bonds. The summed E-state index contributed by atoms with van der Waals surface area (Å²) in [5.41, 5.74) is 0.793. The zero-order valence-electron chi connectivity index (χ0n) is 11.8. The number of nitrogens with one attached hydrogen (secondary N) is 1. The van der Waals surface area contributed by atoms with E-state index in [1.807, 2.05) is 17.8 Å². The first-order chi connectivity index (χ1) is 9.18. The van der Waals surface area contributed by atoms with Crippen LogP contribution < -0.4 is 5.32 Å². The topological polar surface area (TPSA) is 56.1 Å². The van der Waals surface area contributed by atoms with Crippen molar-refractivity contribution in [1.82, 2.24) is 15.1 Å². The van der Waals surface area contributed by atoms with Gasteiger partial charge in [-0.25, -0.2) is 0 Å². The molecule has 1 saturated carbocycles. The van der Waals surface area contributed by atoms with E-state index in [9.17, 15) is 4.79 Å². The summed E-state index contributed by atoms with van der Waals surface area (Å²) in [6, 6.07) is 1.98. The molecule has 19 heavy (non-hydrogen) atoms. The number of hydrogen-bond acceptors (Lipinski definition) is 4. The van der Waals surface area contributed by atoms with Gasteiger partial charge in [0.2, 0.25) is 0 Å². The number of esters is 1. The first-order valence-corrected chi connectivity index (χ1v) is 6.94. The summed E-state index contributed by atoms with van der Waals surface area (Å²) in [5, 5.41) is 7.53. The minimum absolute atomic E-state index is 0.0651. The maximum Gasteiger partial charge on any atom is 0.313 e. The summed E-state index contributed by atoms with van der Waals surface area (Å²) >= 11 is 0. The molecule has 1 N–H and O–H groups in total. The Morgan fingerprint density at radius 2 is 2.21 bits per heavy atom. The van der Waals surface area contributed by atoms with Crippen LogP contribution in [-0.2, 0) is 23.1 Å². The van der Waals surface area contributed by atoms with E-state index >= 15 is 0 Å². The molecule has 5 heteroatoms. The Bertz CT molecular complexity index is 422. The van der Waals surface area contributed by atoms with E-state index in [0.717, 1.165) is 37.9 Å². The van der Waals surface area contributed by atoms with Gasteiger partial charge < -0.3 is 10.1 Å². The van der Waals surface area contributed by atoms with Crippen molar-refractivity contribution in [3.63, 3.8) is 0 Å². The van der Waals surface area contributed by atoms with Gasteiger partial charge in [-0.05, 0) is 18.9 Å². The van der Waals surface area contributed by atoms with Crippen LogP contribution >= 0.6 is 0 Å². The van der Waals surface area contributed by atoms with E-state index < -0.39 is 0 Å². The fourth-order valence-corrected chi connectivity index (χ4v) is 2.90. The Morgan fingerprint density at radius 1 is 1.47 bits per heavy atom. The molecule has 5 nitrogen and oxygen atoms in total. The second kappa shape index (κ2) is 6.19. The molecule has 2 rings (SSSR count). The molecule has 0 radical (unpaired) electrons. The third kappa shape index (κ3) is 3.15. The van der Waals surface area contributed by atoms with Crippen molar-refractivity contribution in [2.75, 3.05) is 13.7 Å². The van der Waals surface area contributed by atoms with Gasteiger partial charge in [0.05, 0.1) is 18.2 Å². The predicted molar refractivity (Wildman–Crippen MR) is 72.4 cm³/mol. The monoisotopic (exact) mass is 265 g/mol. The maximum absolute atomic E-state index is 12.1. The molecule has 0 unspecified atom stereocenters. The minimum Gasteiger partial charge on any atom is -0.469 e. The van der Waals surface area contributed by atoms with Crippen LogP contribution in [0.2, 0.25) is 0 Å². The lowest BCUT2D eigenvalue weighted by Crippen LogP contribution is -2.43. The summed E-state index contributed by atoms with van der Waals surface area (Å²) in [7, 11) is 3.41. The second-order valence-electron chi connectivity index (χ2n) is 5.38. The van der Waals surface area contributed by atoms with Crippen LogP contribution in [0.3, 0.4) is 0 Å². The van der Waals surface area contributed by atoms with E-state index in [1.165, 1.54) is 13.5 Å². The third-order valence-electron chi connectivity index (χ3n) is 4.12. The Balaban J connectivity index is 1.93. The lowest BCUT2D eigenvalue weighted by Gasteiger charge is -2.34. The summed E-state index contributed by atoms with van der Waals surface area (Å²) in [6.07, 6.45) is 7.09. The molecule has 106 valence electrons. The van der Waals surface area contributed by atoms with Gasteiger partial charge in [0, 0.05) is 26.3 Å². The molecule has 1 aromatic rings. The molecule has 0 saturated heterocycles. The quantitative estimate of drug-likeness (QED) is 0.822. The summed E-state index contributed by atoms with van der Waals surface area (Å²) in [6.45, 7) is 1.42. The molecule has 0 aromatic carbocycles. The van der Waals surface area contributed by atoms with Gasteiger partial charge in [-0.15, -0.1) is 0 Å². The number of methoxy groups -OCH3 is 1. The van der Waals surface area contributed by atoms with E-state index in [1.54, 1.807) is 6.20 Å². The Morgan fingerprint density at radius 3 is 2.79 bits per heavy atom. The average molecular weight is 265 g/mol. The van der Waals surface area contributed by atoms with Crippen molar-refractivity contribution in [3.05, 3.63) is 18.0 Å². The van der Waals surface area contributed by atoms with Gasteiger partial charge in [0.25, 0.3) is 0 Å². The predicted octanol–water partition coefficient (Wildman–Crippen LogP) is 1.63. The Kier molecular flexibility index (Phi) is 4.58. The highest BCUT2D eigenvalue weighted by Crippen LogP contribution is 2.36. The number of hydrogen-bond donors (Lipinski definition) is 1. The van der Waals surface area contributed by atoms with E-state index in [4.69, 9.17) is 4.74 Å². The van der Waals surface area contributed by atoms with Gasteiger partial charge in [-0.1, -0.05) is 19.3 Å². The lowest BCUT2D eigenvalue weighted by molar-refractivity contribution is -0.154.